The molecular formula is C21H12F7IN4O3. The fourth-order valence-corrected chi connectivity index (χ4v) is 3.19. The maximum absolute atomic E-state index is 14.1. The second-order valence-corrected chi connectivity index (χ2v) is 8.16. The minimum Gasteiger partial charge on any atom is -0.351 e. The molecule has 3 rings (SSSR count). The summed E-state index contributed by atoms with van der Waals surface area (Å²) in [5.74, 6) is -3.23. The smallest absolute Gasteiger partial charge is 0.351 e. The van der Waals surface area contributed by atoms with Gasteiger partial charge in [-0.25, -0.2) is 9.18 Å². The summed E-state index contributed by atoms with van der Waals surface area (Å²) in [6, 6.07) is 5.67. The number of hydrogen-bond donors (Lipinski definition) is 3. The van der Waals surface area contributed by atoms with E-state index in [2.05, 4.69) is 15.1 Å². The predicted octanol–water partition coefficient (Wildman–Crippen LogP) is 5.61. The second kappa shape index (κ2) is 10.7. The number of nitrogens with zero attached hydrogens (tertiary/aromatic N) is 1. The fourth-order valence-electron chi connectivity index (χ4n) is 2.74. The topological polar surface area (TPSA) is 92.4 Å². The first kappa shape index (κ1) is 27.1. The van der Waals surface area contributed by atoms with E-state index in [1.165, 1.54) is 30.6 Å². The number of anilines is 2. The number of hydrazine groups is 1. The van der Waals surface area contributed by atoms with Gasteiger partial charge in [-0.3, -0.25) is 15.2 Å². The number of hydrogen-bond acceptors (Lipinski definition) is 6. The Bertz CT molecular complexity index is 1270. The molecule has 3 aromatic rings. The molecule has 0 unspecified atom stereocenters. The highest BCUT2D eigenvalue weighted by Crippen LogP contribution is 2.36. The molecule has 0 fully saturated rings. The fraction of sp³-hybridized carbons (Fsp3) is 0.0952. The molecule has 0 radical (unpaired) electrons. The summed E-state index contributed by atoms with van der Waals surface area (Å²) < 4.78 is 92.5. The van der Waals surface area contributed by atoms with Gasteiger partial charge in [0.1, 0.15) is 5.82 Å². The molecule has 0 saturated heterocycles. The first-order valence-corrected chi connectivity index (χ1v) is 10.6. The van der Waals surface area contributed by atoms with Crippen molar-refractivity contribution >= 4 is 45.8 Å². The van der Waals surface area contributed by atoms with Gasteiger partial charge >= 0.3 is 18.3 Å². The Morgan fingerprint density at radius 2 is 1.53 bits per heavy atom. The lowest BCUT2D eigenvalue weighted by Gasteiger charge is -2.15. The largest absolute Gasteiger partial charge is 0.416 e. The van der Waals surface area contributed by atoms with Crippen LogP contribution in [0.15, 0.2) is 54.9 Å². The average molecular weight is 628 g/mol. The van der Waals surface area contributed by atoms with Crippen molar-refractivity contribution in [3.8, 4) is 0 Å². The van der Waals surface area contributed by atoms with Gasteiger partial charge in [-0.05, 0) is 65.1 Å². The van der Waals surface area contributed by atoms with Crippen LogP contribution >= 0.6 is 22.6 Å². The van der Waals surface area contributed by atoms with Gasteiger partial charge in [0, 0.05) is 15.3 Å². The molecule has 0 aliphatic carbocycles. The van der Waals surface area contributed by atoms with Gasteiger partial charge in [0.25, 0.3) is 5.91 Å². The molecule has 0 spiro atoms. The summed E-state index contributed by atoms with van der Waals surface area (Å²) in [6.07, 6.45) is -7.94. The van der Waals surface area contributed by atoms with Gasteiger partial charge in [0.05, 0.1) is 34.3 Å². The predicted molar refractivity (Wildman–Crippen MR) is 119 cm³/mol. The molecule has 0 atom stereocenters. The lowest BCUT2D eigenvalue weighted by Crippen LogP contribution is -2.39. The van der Waals surface area contributed by atoms with Crippen molar-refractivity contribution in [2.24, 2.45) is 0 Å². The van der Waals surface area contributed by atoms with E-state index < -0.39 is 46.7 Å². The van der Waals surface area contributed by atoms with E-state index in [0.29, 0.717) is 3.57 Å². The van der Waals surface area contributed by atoms with Crippen molar-refractivity contribution in [2.45, 2.75) is 12.4 Å². The molecule has 36 heavy (non-hydrogen) atoms. The van der Waals surface area contributed by atoms with E-state index in [1.54, 1.807) is 17.1 Å². The first-order valence-electron chi connectivity index (χ1n) is 9.48. The molecule has 1 heterocycles. The number of rotatable bonds is 6. The van der Waals surface area contributed by atoms with Crippen LogP contribution in [0, 0.1) is 9.39 Å². The molecule has 1 amide bonds. The van der Waals surface area contributed by atoms with E-state index in [0.717, 1.165) is 0 Å². The number of carbonyl (C=O) groups excluding carboxylic acids is 2. The maximum Gasteiger partial charge on any atom is 0.416 e. The molecule has 0 bridgehead atoms. The minimum absolute atomic E-state index is 0.00318. The van der Waals surface area contributed by atoms with Crippen molar-refractivity contribution < 1.29 is 45.2 Å². The number of benzene rings is 2. The first-order chi connectivity index (χ1) is 16.8. The summed E-state index contributed by atoms with van der Waals surface area (Å²) >= 11 is 1.90. The van der Waals surface area contributed by atoms with Crippen LogP contribution < -0.4 is 16.3 Å². The third-order valence-corrected chi connectivity index (χ3v) is 5.07. The number of carbonyl (C=O) groups is 2. The molecule has 1 aromatic heterocycles. The van der Waals surface area contributed by atoms with Crippen LogP contribution in [0.1, 0.15) is 31.8 Å². The molecular weight excluding hydrogens is 616 g/mol. The lowest BCUT2D eigenvalue weighted by molar-refractivity contribution is -0.143. The number of halogens is 8. The monoisotopic (exact) mass is 628 g/mol. The average Bonchev–Trinajstić information content (AvgIpc) is 2.79. The zero-order valence-electron chi connectivity index (χ0n) is 17.4. The summed E-state index contributed by atoms with van der Waals surface area (Å²) in [6.45, 7) is 0. The highest BCUT2D eigenvalue weighted by molar-refractivity contribution is 14.1. The SMILES string of the molecule is O=C(NNOC(=O)c1ccncc1Nc1ccc(I)cc1F)c1cc(C(F)(F)F)cc(C(F)(F)F)c1. The molecule has 7 nitrogen and oxygen atoms in total. The normalized spacial score (nSPS) is 11.7. The number of amides is 1. The van der Waals surface area contributed by atoms with Crippen LogP contribution in [0.5, 0.6) is 0 Å². The van der Waals surface area contributed by atoms with Gasteiger partial charge in [-0.2, -0.15) is 26.3 Å². The van der Waals surface area contributed by atoms with Crippen LogP contribution in [0.4, 0.5) is 42.1 Å². The van der Waals surface area contributed by atoms with Gasteiger partial charge in [0.2, 0.25) is 0 Å². The van der Waals surface area contributed by atoms with Crippen molar-refractivity contribution in [1.82, 2.24) is 16.0 Å². The van der Waals surface area contributed by atoms with E-state index in [1.807, 2.05) is 22.6 Å². The van der Waals surface area contributed by atoms with Crippen molar-refractivity contribution in [3.05, 3.63) is 86.5 Å². The zero-order valence-corrected chi connectivity index (χ0v) is 19.5. The van der Waals surface area contributed by atoms with Crippen LogP contribution in [0.3, 0.4) is 0 Å². The summed E-state index contributed by atoms with van der Waals surface area (Å²) in [4.78, 5) is 32.9. The van der Waals surface area contributed by atoms with Gasteiger partial charge in [-0.1, -0.05) is 5.59 Å². The Balaban J connectivity index is 1.71. The summed E-state index contributed by atoms with van der Waals surface area (Å²) in [5.41, 5.74) is -1.23. The molecule has 0 saturated carbocycles. The third-order valence-electron chi connectivity index (χ3n) is 4.40. The Hall–Kier alpha value is -3.47. The minimum atomic E-state index is -5.16. The highest BCUT2D eigenvalue weighted by atomic mass is 127. The summed E-state index contributed by atoms with van der Waals surface area (Å²) in [7, 11) is 0. The molecule has 2 aromatic carbocycles. The van der Waals surface area contributed by atoms with E-state index >= 15 is 0 Å². The standard InChI is InChI=1S/C21H12F7IN4O3/c22-15-8-13(29)1-2-16(15)31-17-9-30-4-3-14(17)19(35)36-33-32-18(34)10-5-11(20(23,24)25)7-12(6-10)21(26,27)28/h1-9,31,33H,(H,32,34). The Labute approximate surface area is 211 Å². The summed E-state index contributed by atoms with van der Waals surface area (Å²) in [5, 5.41) is 2.64. The van der Waals surface area contributed by atoms with Crippen LogP contribution in [0.25, 0.3) is 0 Å². The molecule has 15 heteroatoms. The number of aromatic nitrogens is 1. The van der Waals surface area contributed by atoms with Crippen LogP contribution in [-0.2, 0) is 17.2 Å². The van der Waals surface area contributed by atoms with E-state index in [-0.39, 0.29) is 35.1 Å². The zero-order chi connectivity index (χ0) is 26.7. The van der Waals surface area contributed by atoms with Crippen molar-refractivity contribution in [2.75, 3.05) is 5.32 Å². The Morgan fingerprint density at radius 1 is 0.889 bits per heavy atom. The number of nitrogens with one attached hydrogen (secondary N) is 3. The van der Waals surface area contributed by atoms with Gasteiger partial charge in [-0.15, -0.1) is 0 Å². The van der Waals surface area contributed by atoms with Gasteiger partial charge in [0.15, 0.2) is 0 Å². The van der Waals surface area contributed by atoms with Gasteiger partial charge < -0.3 is 10.2 Å². The quantitative estimate of drug-likeness (QED) is 0.187. The maximum atomic E-state index is 14.1. The van der Waals surface area contributed by atoms with E-state index in [4.69, 9.17) is 0 Å². The van der Waals surface area contributed by atoms with Crippen LogP contribution in [0.2, 0.25) is 0 Å². The number of alkyl halides is 6. The van der Waals surface area contributed by atoms with Crippen LogP contribution in [-0.4, -0.2) is 16.9 Å². The third kappa shape index (κ3) is 6.81. The highest BCUT2D eigenvalue weighted by Gasteiger charge is 2.37. The molecule has 0 aliphatic heterocycles. The number of pyridine rings is 1. The second-order valence-electron chi connectivity index (χ2n) is 6.91. The van der Waals surface area contributed by atoms with E-state index in [9.17, 15) is 40.3 Å². The molecule has 3 N–H and O–H groups in total. The molecule has 0 aliphatic rings. The lowest BCUT2D eigenvalue weighted by atomic mass is 10.0. The Kier molecular flexibility index (Phi) is 8.02. The Morgan fingerprint density at radius 3 is 2.11 bits per heavy atom. The van der Waals surface area contributed by atoms with Crippen molar-refractivity contribution in [1.29, 1.82) is 0 Å². The molecule has 190 valence electrons. The van der Waals surface area contributed by atoms with Crippen molar-refractivity contribution in [3.63, 3.8) is 0 Å².